The van der Waals surface area contributed by atoms with Gasteiger partial charge in [0.1, 0.15) is 5.75 Å². The Morgan fingerprint density at radius 1 is 1.22 bits per heavy atom. The van der Waals surface area contributed by atoms with Crippen LogP contribution in [0, 0.1) is 0 Å². The normalized spacial score (nSPS) is 26.3. The molecular weight excluding hydrogens is 226 g/mol. The SMILES string of the molecule is NC1CC(CCOc2ccc3c(c2)CCC3)NN1. The smallest absolute Gasteiger partial charge is 0.119 e. The first-order valence-corrected chi connectivity index (χ1v) is 6.82. The molecule has 1 aliphatic carbocycles. The summed E-state index contributed by atoms with van der Waals surface area (Å²) in [5.74, 6) is 1.01. The van der Waals surface area contributed by atoms with Crippen LogP contribution < -0.4 is 21.3 Å². The van der Waals surface area contributed by atoms with Crippen molar-refractivity contribution in [1.82, 2.24) is 10.9 Å². The lowest BCUT2D eigenvalue weighted by atomic mass is 10.1. The Morgan fingerprint density at radius 2 is 2.11 bits per heavy atom. The molecule has 1 heterocycles. The van der Waals surface area contributed by atoms with Crippen LogP contribution in [0.1, 0.15) is 30.4 Å². The molecule has 4 N–H and O–H groups in total. The molecule has 2 atom stereocenters. The fraction of sp³-hybridized carbons (Fsp3) is 0.571. The van der Waals surface area contributed by atoms with Gasteiger partial charge in [0.2, 0.25) is 0 Å². The third-order valence-electron chi connectivity index (χ3n) is 3.82. The van der Waals surface area contributed by atoms with Crippen molar-refractivity contribution >= 4 is 0 Å². The number of hydrogen-bond donors (Lipinski definition) is 3. The predicted octanol–water partition coefficient (Wildman–Crippen LogP) is 1.10. The topological polar surface area (TPSA) is 59.3 Å². The number of fused-ring (bicyclic) bond motifs is 1. The molecule has 98 valence electrons. The maximum Gasteiger partial charge on any atom is 0.119 e. The summed E-state index contributed by atoms with van der Waals surface area (Å²) >= 11 is 0. The lowest BCUT2D eigenvalue weighted by Gasteiger charge is -2.11. The van der Waals surface area contributed by atoms with Crippen LogP contribution in [0.2, 0.25) is 0 Å². The van der Waals surface area contributed by atoms with Crippen molar-refractivity contribution in [3.8, 4) is 5.75 Å². The molecule has 1 fully saturated rings. The summed E-state index contributed by atoms with van der Waals surface area (Å²) in [6.45, 7) is 0.741. The Bertz CT molecular complexity index is 422. The number of ether oxygens (including phenoxy) is 1. The van der Waals surface area contributed by atoms with Crippen LogP contribution in [-0.2, 0) is 12.8 Å². The second kappa shape index (κ2) is 5.26. The number of benzene rings is 1. The third-order valence-corrected chi connectivity index (χ3v) is 3.82. The van der Waals surface area contributed by atoms with E-state index in [0.29, 0.717) is 6.04 Å². The second-order valence-corrected chi connectivity index (χ2v) is 5.25. The van der Waals surface area contributed by atoms with Gasteiger partial charge in [0.15, 0.2) is 0 Å². The summed E-state index contributed by atoms with van der Waals surface area (Å²) in [6, 6.07) is 6.93. The van der Waals surface area contributed by atoms with E-state index in [0.717, 1.165) is 25.2 Å². The molecule has 4 nitrogen and oxygen atoms in total. The minimum absolute atomic E-state index is 0.0787. The maximum atomic E-state index is 5.82. The first-order chi connectivity index (χ1) is 8.81. The Kier molecular flexibility index (Phi) is 3.50. The van der Waals surface area contributed by atoms with E-state index in [4.69, 9.17) is 10.5 Å². The van der Waals surface area contributed by atoms with E-state index in [9.17, 15) is 0 Å². The fourth-order valence-corrected chi connectivity index (χ4v) is 2.80. The van der Waals surface area contributed by atoms with Gasteiger partial charge >= 0.3 is 0 Å². The van der Waals surface area contributed by atoms with Gasteiger partial charge in [-0.3, -0.25) is 5.43 Å². The van der Waals surface area contributed by atoms with Crippen molar-refractivity contribution in [3.05, 3.63) is 29.3 Å². The molecular formula is C14H21N3O. The minimum atomic E-state index is 0.0787. The number of nitrogens with one attached hydrogen (secondary N) is 2. The van der Waals surface area contributed by atoms with Gasteiger partial charge < -0.3 is 10.5 Å². The maximum absolute atomic E-state index is 5.82. The van der Waals surface area contributed by atoms with E-state index in [2.05, 4.69) is 29.1 Å². The Morgan fingerprint density at radius 3 is 2.94 bits per heavy atom. The number of hydrogen-bond acceptors (Lipinski definition) is 4. The molecule has 0 aromatic heterocycles. The predicted molar refractivity (Wildman–Crippen MR) is 71.2 cm³/mol. The third kappa shape index (κ3) is 2.66. The van der Waals surface area contributed by atoms with Gasteiger partial charge in [0.05, 0.1) is 12.8 Å². The largest absolute Gasteiger partial charge is 0.494 e. The van der Waals surface area contributed by atoms with E-state index in [1.807, 2.05) is 0 Å². The minimum Gasteiger partial charge on any atom is -0.494 e. The summed E-state index contributed by atoms with van der Waals surface area (Å²) in [7, 11) is 0. The molecule has 3 rings (SSSR count). The van der Waals surface area contributed by atoms with Crippen molar-refractivity contribution in [2.75, 3.05) is 6.61 Å². The van der Waals surface area contributed by atoms with Crippen LogP contribution in [0.3, 0.4) is 0 Å². The van der Waals surface area contributed by atoms with E-state index in [-0.39, 0.29) is 6.17 Å². The Balaban J connectivity index is 1.48. The molecule has 0 amide bonds. The highest BCUT2D eigenvalue weighted by atomic mass is 16.5. The zero-order valence-corrected chi connectivity index (χ0v) is 10.6. The molecule has 2 unspecified atom stereocenters. The average molecular weight is 247 g/mol. The standard InChI is InChI=1S/C14H21N3O/c15-14-9-12(16-17-14)6-7-18-13-5-4-10-2-1-3-11(10)8-13/h4-5,8,12,14,16-17H,1-3,6-7,9,15H2. The zero-order chi connectivity index (χ0) is 12.4. The summed E-state index contributed by atoms with van der Waals surface area (Å²) in [5, 5.41) is 0. The Labute approximate surface area is 108 Å². The van der Waals surface area contributed by atoms with E-state index in [1.165, 1.54) is 30.4 Å². The van der Waals surface area contributed by atoms with Crippen LogP contribution in [0.25, 0.3) is 0 Å². The van der Waals surface area contributed by atoms with Gasteiger partial charge in [-0.25, -0.2) is 5.43 Å². The highest BCUT2D eigenvalue weighted by molar-refractivity contribution is 5.38. The van der Waals surface area contributed by atoms with Crippen molar-refractivity contribution in [3.63, 3.8) is 0 Å². The quantitative estimate of drug-likeness (QED) is 0.745. The summed E-state index contributed by atoms with van der Waals surface area (Å²) in [5.41, 5.74) is 14.9. The Hall–Kier alpha value is -1.10. The lowest BCUT2D eigenvalue weighted by Crippen LogP contribution is -2.37. The summed E-state index contributed by atoms with van der Waals surface area (Å²) in [4.78, 5) is 0. The molecule has 18 heavy (non-hydrogen) atoms. The first kappa shape index (κ1) is 12.0. The molecule has 1 aromatic rings. The van der Waals surface area contributed by atoms with Crippen molar-refractivity contribution in [2.24, 2.45) is 5.73 Å². The van der Waals surface area contributed by atoms with Gasteiger partial charge in [-0.05, 0) is 55.4 Å². The zero-order valence-electron chi connectivity index (χ0n) is 10.6. The molecule has 0 saturated carbocycles. The van der Waals surface area contributed by atoms with Crippen LogP contribution >= 0.6 is 0 Å². The number of rotatable bonds is 4. The molecule has 0 spiro atoms. The van der Waals surface area contributed by atoms with Gasteiger partial charge in [-0.1, -0.05) is 6.07 Å². The summed E-state index contributed by atoms with van der Waals surface area (Å²) < 4.78 is 5.82. The summed E-state index contributed by atoms with van der Waals surface area (Å²) in [6.07, 6.45) is 5.75. The highest BCUT2D eigenvalue weighted by Crippen LogP contribution is 2.26. The molecule has 1 aromatic carbocycles. The molecule has 0 bridgehead atoms. The van der Waals surface area contributed by atoms with Gasteiger partial charge in [0.25, 0.3) is 0 Å². The number of nitrogens with two attached hydrogens (primary N) is 1. The first-order valence-electron chi connectivity index (χ1n) is 6.82. The van der Waals surface area contributed by atoms with Gasteiger partial charge in [-0.15, -0.1) is 0 Å². The van der Waals surface area contributed by atoms with Crippen LogP contribution in [0.4, 0.5) is 0 Å². The fourth-order valence-electron chi connectivity index (χ4n) is 2.80. The van der Waals surface area contributed by atoms with Crippen molar-refractivity contribution < 1.29 is 4.74 Å². The number of hydrazine groups is 1. The molecule has 2 aliphatic rings. The molecule has 1 aliphatic heterocycles. The molecule has 1 saturated heterocycles. The van der Waals surface area contributed by atoms with Crippen LogP contribution in [0.15, 0.2) is 18.2 Å². The van der Waals surface area contributed by atoms with E-state index in [1.54, 1.807) is 0 Å². The second-order valence-electron chi connectivity index (χ2n) is 5.25. The van der Waals surface area contributed by atoms with E-state index < -0.39 is 0 Å². The van der Waals surface area contributed by atoms with Gasteiger partial charge in [-0.2, -0.15) is 0 Å². The monoisotopic (exact) mass is 247 g/mol. The lowest BCUT2D eigenvalue weighted by molar-refractivity contribution is 0.289. The van der Waals surface area contributed by atoms with Crippen LogP contribution in [-0.4, -0.2) is 18.8 Å². The average Bonchev–Trinajstić information content (AvgIpc) is 2.97. The van der Waals surface area contributed by atoms with Crippen molar-refractivity contribution in [1.29, 1.82) is 0 Å². The highest BCUT2D eigenvalue weighted by Gasteiger charge is 2.20. The number of aryl methyl sites for hydroxylation is 2. The van der Waals surface area contributed by atoms with Crippen molar-refractivity contribution in [2.45, 2.75) is 44.3 Å². The van der Waals surface area contributed by atoms with Gasteiger partial charge in [0, 0.05) is 6.04 Å². The molecule has 4 heteroatoms. The van der Waals surface area contributed by atoms with E-state index >= 15 is 0 Å². The van der Waals surface area contributed by atoms with Crippen LogP contribution in [0.5, 0.6) is 5.75 Å². The molecule has 0 radical (unpaired) electrons.